The molecule has 0 spiro atoms. The van der Waals surface area contributed by atoms with E-state index in [4.69, 9.17) is 5.11 Å². The van der Waals surface area contributed by atoms with E-state index in [2.05, 4.69) is 5.10 Å². The number of nitrogens with zero attached hydrogens (tertiary/aromatic N) is 1. The molecular formula is C7H12N2O2. The highest BCUT2D eigenvalue weighted by molar-refractivity contribution is 4.95. The number of aromatic nitrogens is 2. The van der Waals surface area contributed by atoms with Crippen LogP contribution >= 0.6 is 0 Å². The van der Waals surface area contributed by atoms with Crippen LogP contribution in [0.3, 0.4) is 0 Å². The largest absolute Gasteiger partial charge is 0.391 e. The molecule has 0 aliphatic carbocycles. The first-order valence-electron chi connectivity index (χ1n) is 3.54. The molecule has 0 radical (unpaired) electrons. The molecule has 0 aliphatic heterocycles. The van der Waals surface area contributed by atoms with Crippen molar-refractivity contribution in [3.05, 3.63) is 22.1 Å². The lowest BCUT2D eigenvalue weighted by atomic mass is 10.4. The number of aryl methyl sites for hydroxylation is 1. The summed E-state index contributed by atoms with van der Waals surface area (Å²) in [5.41, 5.74) is 0.721. The van der Waals surface area contributed by atoms with Crippen molar-refractivity contribution in [2.24, 2.45) is 0 Å². The molecule has 2 N–H and O–H groups in total. The van der Waals surface area contributed by atoms with Gasteiger partial charge in [0.15, 0.2) is 0 Å². The Bertz CT molecular complexity index is 285. The quantitative estimate of drug-likeness (QED) is 0.626. The average molecular weight is 156 g/mol. The summed E-state index contributed by atoms with van der Waals surface area (Å²) in [5, 5.41) is 11.8. The zero-order valence-electron chi connectivity index (χ0n) is 6.66. The minimum atomic E-state index is -0.495. The van der Waals surface area contributed by atoms with Crippen LogP contribution in [0, 0.1) is 6.92 Å². The van der Waals surface area contributed by atoms with E-state index in [0.29, 0.717) is 6.54 Å². The summed E-state index contributed by atoms with van der Waals surface area (Å²) in [7, 11) is 0. The third-order valence-electron chi connectivity index (χ3n) is 1.36. The Morgan fingerprint density at radius 1 is 1.82 bits per heavy atom. The lowest BCUT2D eigenvalue weighted by molar-refractivity contribution is 0.167. The Morgan fingerprint density at radius 3 is 2.82 bits per heavy atom. The summed E-state index contributed by atoms with van der Waals surface area (Å²) in [4.78, 5) is 11.0. The second-order valence-corrected chi connectivity index (χ2v) is 2.74. The van der Waals surface area contributed by atoms with Gasteiger partial charge in [-0.1, -0.05) is 0 Å². The van der Waals surface area contributed by atoms with Crippen LogP contribution in [-0.2, 0) is 6.54 Å². The third kappa shape index (κ3) is 1.94. The Labute approximate surface area is 64.5 Å². The van der Waals surface area contributed by atoms with Gasteiger partial charge in [-0.05, 0) is 13.8 Å². The summed E-state index contributed by atoms with van der Waals surface area (Å²) in [6.45, 7) is 3.77. The smallest absolute Gasteiger partial charge is 0.266 e. The molecule has 0 saturated carbocycles. The maximum absolute atomic E-state index is 11.0. The van der Waals surface area contributed by atoms with Crippen molar-refractivity contribution < 1.29 is 5.11 Å². The van der Waals surface area contributed by atoms with Crippen molar-refractivity contribution >= 4 is 0 Å². The van der Waals surface area contributed by atoms with Gasteiger partial charge >= 0.3 is 0 Å². The molecular weight excluding hydrogens is 144 g/mol. The monoisotopic (exact) mass is 156 g/mol. The van der Waals surface area contributed by atoms with E-state index in [1.807, 2.05) is 0 Å². The van der Waals surface area contributed by atoms with Crippen LogP contribution in [-0.4, -0.2) is 21.0 Å². The number of rotatable bonds is 2. The van der Waals surface area contributed by atoms with Crippen LogP contribution < -0.4 is 5.56 Å². The number of H-pyrrole nitrogens is 1. The summed E-state index contributed by atoms with van der Waals surface area (Å²) in [6.07, 6.45) is -0.495. The number of hydrogen-bond donors (Lipinski definition) is 2. The van der Waals surface area contributed by atoms with Gasteiger partial charge in [-0.25, -0.2) is 0 Å². The van der Waals surface area contributed by atoms with Crippen LogP contribution in [0.15, 0.2) is 10.9 Å². The molecule has 0 aliphatic rings. The minimum Gasteiger partial charge on any atom is -0.391 e. The van der Waals surface area contributed by atoms with Crippen LogP contribution in [0.25, 0.3) is 0 Å². The van der Waals surface area contributed by atoms with Crippen LogP contribution in [0.2, 0.25) is 0 Å². The second-order valence-electron chi connectivity index (χ2n) is 2.74. The van der Waals surface area contributed by atoms with Crippen molar-refractivity contribution in [3.8, 4) is 0 Å². The lowest BCUT2D eigenvalue weighted by Crippen LogP contribution is -2.22. The van der Waals surface area contributed by atoms with E-state index in [1.165, 1.54) is 10.7 Å². The van der Waals surface area contributed by atoms with E-state index in [9.17, 15) is 4.79 Å². The average Bonchev–Trinajstić information content (AvgIpc) is 2.09. The molecule has 1 unspecified atom stereocenters. The second kappa shape index (κ2) is 2.92. The molecule has 0 bridgehead atoms. The number of nitrogens with one attached hydrogen (secondary N) is 1. The highest BCUT2D eigenvalue weighted by Crippen LogP contribution is 1.88. The van der Waals surface area contributed by atoms with Crippen molar-refractivity contribution in [2.75, 3.05) is 0 Å². The molecule has 0 saturated heterocycles. The van der Waals surface area contributed by atoms with Gasteiger partial charge in [0.25, 0.3) is 5.56 Å². The van der Waals surface area contributed by atoms with E-state index >= 15 is 0 Å². The van der Waals surface area contributed by atoms with Gasteiger partial charge in [-0.15, -0.1) is 0 Å². The Kier molecular flexibility index (Phi) is 2.14. The molecule has 4 heteroatoms. The maximum Gasteiger partial charge on any atom is 0.266 e. The Morgan fingerprint density at radius 2 is 2.45 bits per heavy atom. The summed E-state index contributed by atoms with van der Waals surface area (Å²) >= 11 is 0. The van der Waals surface area contributed by atoms with E-state index < -0.39 is 6.10 Å². The zero-order valence-corrected chi connectivity index (χ0v) is 6.66. The number of aliphatic hydroxyl groups excluding tert-OH is 1. The van der Waals surface area contributed by atoms with Gasteiger partial charge in [-0.3, -0.25) is 14.6 Å². The minimum absolute atomic E-state index is 0.0941. The molecule has 4 nitrogen and oxygen atoms in total. The molecule has 1 aromatic heterocycles. The summed E-state index contributed by atoms with van der Waals surface area (Å²) in [5.74, 6) is 0. The molecule has 0 amide bonds. The van der Waals surface area contributed by atoms with E-state index in [-0.39, 0.29) is 5.56 Å². The predicted octanol–water partition coefficient (Wildman–Crippen LogP) is -0.134. The van der Waals surface area contributed by atoms with E-state index in [1.54, 1.807) is 13.8 Å². The van der Waals surface area contributed by atoms with Gasteiger partial charge in [0.1, 0.15) is 0 Å². The predicted molar refractivity (Wildman–Crippen MR) is 41.5 cm³/mol. The lowest BCUT2D eigenvalue weighted by Gasteiger charge is -2.03. The first-order chi connectivity index (χ1) is 5.09. The normalized spacial score (nSPS) is 13.4. The van der Waals surface area contributed by atoms with Crippen molar-refractivity contribution in [3.63, 3.8) is 0 Å². The van der Waals surface area contributed by atoms with Gasteiger partial charge in [0, 0.05) is 11.8 Å². The molecule has 1 heterocycles. The molecule has 0 aromatic carbocycles. The molecule has 1 rings (SSSR count). The maximum atomic E-state index is 11.0. The molecule has 0 fully saturated rings. The highest BCUT2D eigenvalue weighted by Gasteiger charge is 2.01. The van der Waals surface area contributed by atoms with Gasteiger partial charge < -0.3 is 5.11 Å². The number of aliphatic hydroxyl groups is 1. The number of aromatic amines is 1. The molecule has 1 atom stereocenters. The molecule has 62 valence electrons. The standard InChI is InChI=1S/C7H12N2O2/c1-5-3-7(11)9(8-5)4-6(2)10/h3,6,8,10H,4H2,1-2H3. The fraction of sp³-hybridized carbons (Fsp3) is 0.571. The fourth-order valence-electron chi connectivity index (χ4n) is 0.963. The van der Waals surface area contributed by atoms with Crippen molar-refractivity contribution in [1.29, 1.82) is 0 Å². The van der Waals surface area contributed by atoms with Crippen LogP contribution in [0.1, 0.15) is 12.6 Å². The van der Waals surface area contributed by atoms with Gasteiger partial charge in [-0.2, -0.15) is 0 Å². The van der Waals surface area contributed by atoms with Crippen LogP contribution in [0.4, 0.5) is 0 Å². The first kappa shape index (κ1) is 8.07. The molecule has 1 aromatic rings. The highest BCUT2D eigenvalue weighted by atomic mass is 16.3. The SMILES string of the molecule is Cc1cc(=O)n(CC(C)O)[nH]1. The third-order valence-corrected chi connectivity index (χ3v) is 1.36. The van der Waals surface area contributed by atoms with Crippen molar-refractivity contribution in [1.82, 2.24) is 9.78 Å². The van der Waals surface area contributed by atoms with Gasteiger partial charge in [0.05, 0.1) is 12.6 Å². The number of hydrogen-bond acceptors (Lipinski definition) is 2. The topological polar surface area (TPSA) is 58.0 Å². The van der Waals surface area contributed by atoms with Gasteiger partial charge in [0.2, 0.25) is 0 Å². The molecule has 11 heavy (non-hydrogen) atoms. The summed E-state index contributed by atoms with van der Waals surface area (Å²) in [6, 6.07) is 1.50. The fourth-order valence-corrected chi connectivity index (χ4v) is 0.963. The summed E-state index contributed by atoms with van der Waals surface area (Å²) < 4.78 is 1.39. The van der Waals surface area contributed by atoms with Crippen LogP contribution in [0.5, 0.6) is 0 Å². The Balaban J connectivity index is 2.86. The zero-order chi connectivity index (χ0) is 8.43. The van der Waals surface area contributed by atoms with E-state index in [0.717, 1.165) is 5.69 Å². The van der Waals surface area contributed by atoms with Crippen molar-refractivity contribution in [2.45, 2.75) is 26.5 Å². The Hall–Kier alpha value is -1.03. The first-order valence-corrected chi connectivity index (χ1v) is 3.54.